The minimum atomic E-state index is -0.781. The molecule has 2 aromatic carbocycles. The largest absolute Gasteiger partial charge is 0.469 e. The lowest BCUT2D eigenvalue weighted by Crippen LogP contribution is -2.26. The number of ether oxygens (including phenoxy) is 3. The third-order valence-electron chi connectivity index (χ3n) is 7.61. The van der Waals surface area contributed by atoms with Gasteiger partial charge in [0.2, 0.25) is 0 Å². The van der Waals surface area contributed by atoms with E-state index in [1.54, 1.807) is 54.6 Å². The first-order valence-electron chi connectivity index (χ1n) is 15.0. The van der Waals surface area contributed by atoms with Crippen LogP contribution in [0.5, 0.6) is 0 Å². The van der Waals surface area contributed by atoms with Crippen LogP contribution in [-0.2, 0) is 19.0 Å². The van der Waals surface area contributed by atoms with Gasteiger partial charge in [-0.2, -0.15) is 0 Å². The summed E-state index contributed by atoms with van der Waals surface area (Å²) in [6.45, 7) is 2.17. The molecule has 0 bridgehead atoms. The molecule has 1 saturated carbocycles. The molecule has 0 heterocycles. The Balaban J connectivity index is 1.83. The van der Waals surface area contributed by atoms with Gasteiger partial charge in [0.15, 0.2) is 0 Å². The number of esters is 3. The lowest BCUT2D eigenvalue weighted by molar-refractivity contribution is -0.140. The van der Waals surface area contributed by atoms with E-state index >= 15 is 0 Å². The molecule has 0 aliphatic heterocycles. The molecule has 226 valence electrons. The lowest BCUT2D eigenvalue weighted by atomic mass is 9.89. The van der Waals surface area contributed by atoms with E-state index in [9.17, 15) is 19.5 Å². The van der Waals surface area contributed by atoms with Crippen molar-refractivity contribution >= 4 is 17.9 Å². The van der Waals surface area contributed by atoms with Crippen LogP contribution in [0, 0.1) is 11.8 Å². The summed E-state index contributed by atoms with van der Waals surface area (Å²) in [4.78, 5) is 37.6. The van der Waals surface area contributed by atoms with E-state index in [1.165, 1.54) is 13.5 Å². The van der Waals surface area contributed by atoms with Gasteiger partial charge in [-0.05, 0) is 56.4 Å². The smallest absolute Gasteiger partial charge is 0.338 e. The van der Waals surface area contributed by atoms with Crippen LogP contribution in [-0.4, -0.2) is 48.4 Å². The SMILES string of the molecule is CCCCC/C=C\C[C@@H]1[C@H](/C=C/[C@H](O)CCCC(=O)OC)[C@@H](OC(=O)c2ccccc2)C[C@H]1OC(=O)c1ccccc1. The predicted molar refractivity (Wildman–Crippen MR) is 162 cm³/mol. The van der Waals surface area contributed by atoms with E-state index in [4.69, 9.17) is 9.47 Å². The van der Waals surface area contributed by atoms with Gasteiger partial charge in [0.05, 0.1) is 24.3 Å². The first-order valence-corrected chi connectivity index (χ1v) is 15.0. The van der Waals surface area contributed by atoms with Crippen molar-refractivity contribution in [2.45, 2.75) is 83.0 Å². The fraction of sp³-hybridized carbons (Fsp3) is 0.457. The first-order chi connectivity index (χ1) is 20.4. The Morgan fingerprint density at radius 3 is 2.10 bits per heavy atom. The van der Waals surface area contributed by atoms with Gasteiger partial charge >= 0.3 is 17.9 Å². The highest BCUT2D eigenvalue weighted by Gasteiger charge is 2.45. The minimum absolute atomic E-state index is 0.160. The van der Waals surface area contributed by atoms with Gasteiger partial charge in [-0.25, -0.2) is 9.59 Å². The van der Waals surface area contributed by atoms with Crippen molar-refractivity contribution in [3.8, 4) is 0 Å². The summed E-state index contributed by atoms with van der Waals surface area (Å²) in [5.74, 6) is -1.63. The van der Waals surface area contributed by atoms with Crippen LogP contribution in [0.4, 0.5) is 0 Å². The summed E-state index contributed by atoms with van der Waals surface area (Å²) in [5, 5.41) is 10.6. The van der Waals surface area contributed by atoms with Crippen LogP contribution < -0.4 is 0 Å². The molecule has 0 unspecified atom stereocenters. The van der Waals surface area contributed by atoms with Crippen molar-refractivity contribution in [1.29, 1.82) is 0 Å². The molecular weight excluding hydrogens is 532 g/mol. The van der Waals surface area contributed by atoms with E-state index in [2.05, 4.69) is 23.8 Å². The third-order valence-corrected chi connectivity index (χ3v) is 7.61. The normalized spacial score (nSPS) is 20.9. The average Bonchev–Trinajstić information content (AvgIpc) is 3.33. The van der Waals surface area contributed by atoms with Crippen molar-refractivity contribution in [1.82, 2.24) is 0 Å². The molecule has 1 aliphatic carbocycles. The standard InChI is InChI=1S/C35H44O7/c1-3-4-5-6-7-14-21-29-30(24-23-28(36)20-15-22-33(37)40-2)32(42-35(39)27-18-12-9-13-19-27)25-31(29)41-34(38)26-16-10-8-11-17-26/h7-14,16-19,23-24,28-32,36H,3-6,15,20-22,25H2,1-2H3/b14-7-,24-23+/t28-,29-,30+,31-,32+/m1/s1. The number of hydrogen-bond donors (Lipinski definition) is 1. The predicted octanol–water partition coefficient (Wildman–Crippen LogP) is 6.86. The number of aliphatic hydroxyl groups is 1. The summed E-state index contributed by atoms with van der Waals surface area (Å²) in [6, 6.07) is 17.7. The molecule has 0 spiro atoms. The van der Waals surface area contributed by atoms with E-state index in [0.717, 1.165) is 19.3 Å². The van der Waals surface area contributed by atoms with Crippen LogP contribution in [0.3, 0.4) is 0 Å². The Morgan fingerprint density at radius 2 is 1.50 bits per heavy atom. The Labute approximate surface area is 249 Å². The zero-order chi connectivity index (χ0) is 30.2. The molecule has 2 aromatic rings. The van der Waals surface area contributed by atoms with Crippen LogP contribution >= 0.6 is 0 Å². The highest BCUT2D eigenvalue weighted by Crippen LogP contribution is 2.41. The minimum Gasteiger partial charge on any atom is -0.469 e. The number of methoxy groups -OCH3 is 1. The van der Waals surface area contributed by atoms with Gasteiger partial charge in [-0.1, -0.05) is 80.5 Å². The summed E-state index contributed by atoms with van der Waals surface area (Å²) in [7, 11) is 1.34. The molecule has 1 aliphatic rings. The molecule has 3 rings (SSSR count). The lowest BCUT2D eigenvalue weighted by Gasteiger charge is -2.23. The monoisotopic (exact) mass is 576 g/mol. The summed E-state index contributed by atoms with van der Waals surface area (Å²) >= 11 is 0. The molecular formula is C35H44O7. The van der Waals surface area contributed by atoms with Crippen molar-refractivity contribution < 1.29 is 33.7 Å². The first kappa shape index (κ1) is 32.8. The van der Waals surface area contributed by atoms with Crippen molar-refractivity contribution in [2.24, 2.45) is 11.8 Å². The molecule has 1 fully saturated rings. The van der Waals surface area contributed by atoms with Gasteiger partial charge in [-0.15, -0.1) is 0 Å². The second kappa shape index (κ2) is 18.0. The zero-order valence-corrected chi connectivity index (χ0v) is 24.7. The van der Waals surface area contributed by atoms with E-state index in [0.29, 0.717) is 36.8 Å². The molecule has 0 amide bonds. The number of carbonyl (C=O) groups excluding carboxylic acids is 3. The number of carbonyl (C=O) groups is 3. The fourth-order valence-electron chi connectivity index (χ4n) is 5.28. The maximum absolute atomic E-state index is 13.1. The highest BCUT2D eigenvalue weighted by atomic mass is 16.6. The molecule has 0 aromatic heterocycles. The Kier molecular flexibility index (Phi) is 14.0. The maximum atomic E-state index is 13.1. The van der Waals surface area contributed by atoms with E-state index in [1.807, 2.05) is 18.2 Å². The Bertz CT molecular complexity index is 1160. The van der Waals surface area contributed by atoms with Gasteiger partial charge in [0, 0.05) is 24.7 Å². The topological polar surface area (TPSA) is 99.1 Å². The van der Waals surface area contributed by atoms with Crippen LogP contribution in [0.25, 0.3) is 0 Å². The quantitative estimate of drug-likeness (QED) is 0.101. The molecule has 7 nitrogen and oxygen atoms in total. The van der Waals surface area contributed by atoms with Crippen molar-refractivity contribution in [3.63, 3.8) is 0 Å². The molecule has 7 heteroatoms. The number of hydrogen-bond acceptors (Lipinski definition) is 7. The van der Waals surface area contributed by atoms with Crippen LogP contribution in [0.15, 0.2) is 85.0 Å². The number of allylic oxidation sites excluding steroid dienone is 2. The Hall–Kier alpha value is -3.71. The van der Waals surface area contributed by atoms with Crippen molar-refractivity contribution in [2.75, 3.05) is 7.11 Å². The van der Waals surface area contributed by atoms with E-state index < -0.39 is 30.3 Å². The van der Waals surface area contributed by atoms with Gasteiger partial charge in [0.25, 0.3) is 0 Å². The summed E-state index contributed by atoms with van der Waals surface area (Å²) < 4.78 is 16.8. The zero-order valence-electron chi connectivity index (χ0n) is 24.7. The van der Waals surface area contributed by atoms with Crippen LogP contribution in [0.2, 0.25) is 0 Å². The van der Waals surface area contributed by atoms with E-state index in [-0.39, 0.29) is 24.2 Å². The van der Waals surface area contributed by atoms with Gasteiger partial charge in [-0.3, -0.25) is 4.79 Å². The molecule has 42 heavy (non-hydrogen) atoms. The molecule has 5 atom stereocenters. The number of rotatable bonds is 16. The molecule has 0 radical (unpaired) electrons. The summed E-state index contributed by atoms with van der Waals surface area (Å²) in [5.41, 5.74) is 0.907. The fourth-order valence-corrected chi connectivity index (χ4v) is 5.28. The summed E-state index contributed by atoms with van der Waals surface area (Å²) in [6.07, 6.45) is 12.5. The van der Waals surface area contributed by atoms with Crippen LogP contribution in [0.1, 0.15) is 85.4 Å². The van der Waals surface area contributed by atoms with Crippen molar-refractivity contribution in [3.05, 3.63) is 96.1 Å². The second-order valence-electron chi connectivity index (χ2n) is 10.7. The molecule has 0 saturated heterocycles. The Morgan fingerprint density at radius 1 is 0.881 bits per heavy atom. The van der Waals surface area contributed by atoms with Gasteiger partial charge in [0.1, 0.15) is 12.2 Å². The number of benzene rings is 2. The maximum Gasteiger partial charge on any atom is 0.338 e. The number of unbranched alkanes of at least 4 members (excludes halogenated alkanes) is 3. The molecule has 1 N–H and O–H groups in total. The number of aliphatic hydroxyl groups excluding tert-OH is 1. The third kappa shape index (κ3) is 10.6. The second-order valence-corrected chi connectivity index (χ2v) is 10.7. The average molecular weight is 577 g/mol. The highest BCUT2D eigenvalue weighted by molar-refractivity contribution is 5.90. The van der Waals surface area contributed by atoms with Gasteiger partial charge < -0.3 is 19.3 Å².